The predicted octanol–water partition coefficient (Wildman–Crippen LogP) is 2.56. The highest BCUT2D eigenvalue weighted by molar-refractivity contribution is 5.92. The number of carbonyl (C=O) groups is 2. The average molecular weight is 419 g/mol. The fourth-order valence-corrected chi connectivity index (χ4v) is 2.76. The standard InChI is InChI=1S/C17H18F5N5O2/c1-9(16(29)23-11-4-5-14(18)24-15(11)19)10(7-26(2)8-28)12-6-13(17(20,21)22)25-27(12)3/h4-6,8-10H,7H2,1-3H3,(H,23,29)/t9-,10-/m0/s1. The van der Waals surface area contributed by atoms with Crippen LogP contribution in [0.25, 0.3) is 0 Å². The van der Waals surface area contributed by atoms with Crippen molar-refractivity contribution in [1.29, 1.82) is 0 Å². The lowest BCUT2D eigenvalue weighted by Crippen LogP contribution is -2.34. The van der Waals surface area contributed by atoms with Crippen LogP contribution < -0.4 is 5.32 Å². The normalized spacial score (nSPS) is 13.7. The Balaban J connectivity index is 2.35. The van der Waals surface area contributed by atoms with E-state index in [0.717, 1.165) is 27.8 Å². The van der Waals surface area contributed by atoms with E-state index in [1.807, 2.05) is 0 Å². The minimum Gasteiger partial charge on any atom is -0.348 e. The van der Waals surface area contributed by atoms with E-state index >= 15 is 0 Å². The third-order valence-corrected chi connectivity index (χ3v) is 4.34. The van der Waals surface area contributed by atoms with Crippen LogP contribution >= 0.6 is 0 Å². The Hall–Kier alpha value is -3.05. The van der Waals surface area contributed by atoms with Gasteiger partial charge < -0.3 is 10.2 Å². The number of nitrogens with zero attached hydrogens (tertiary/aromatic N) is 4. The first-order valence-corrected chi connectivity index (χ1v) is 8.33. The van der Waals surface area contributed by atoms with Crippen LogP contribution in [-0.2, 0) is 22.8 Å². The van der Waals surface area contributed by atoms with Crippen molar-refractivity contribution in [2.24, 2.45) is 13.0 Å². The molecule has 29 heavy (non-hydrogen) atoms. The molecule has 2 aromatic heterocycles. The number of hydrogen-bond acceptors (Lipinski definition) is 4. The van der Waals surface area contributed by atoms with E-state index < -0.39 is 41.5 Å². The molecule has 0 spiro atoms. The number of carbonyl (C=O) groups excluding carboxylic acids is 2. The van der Waals surface area contributed by atoms with Crippen LogP contribution in [0.3, 0.4) is 0 Å². The number of alkyl halides is 3. The molecule has 0 aliphatic carbocycles. The lowest BCUT2D eigenvalue weighted by molar-refractivity contribution is -0.141. The largest absolute Gasteiger partial charge is 0.435 e. The minimum absolute atomic E-state index is 0.0615. The quantitative estimate of drug-likeness (QED) is 0.425. The Morgan fingerprint density at radius 2 is 2.00 bits per heavy atom. The van der Waals surface area contributed by atoms with Crippen molar-refractivity contribution in [2.75, 3.05) is 18.9 Å². The fourth-order valence-electron chi connectivity index (χ4n) is 2.76. The maximum Gasteiger partial charge on any atom is 0.435 e. The second-order valence-corrected chi connectivity index (χ2v) is 6.48. The molecule has 0 bridgehead atoms. The van der Waals surface area contributed by atoms with Crippen molar-refractivity contribution < 1.29 is 31.5 Å². The molecule has 2 amide bonds. The van der Waals surface area contributed by atoms with Crippen molar-refractivity contribution in [1.82, 2.24) is 19.7 Å². The number of anilines is 1. The Kier molecular flexibility index (Phi) is 6.55. The lowest BCUT2D eigenvalue weighted by atomic mass is 9.89. The second kappa shape index (κ2) is 8.53. The van der Waals surface area contributed by atoms with E-state index in [1.165, 1.54) is 21.0 Å². The van der Waals surface area contributed by atoms with Crippen molar-refractivity contribution in [3.63, 3.8) is 0 Å². The summed E-state index contributed by atoms with van der Waals surface area (Å²) in [4.78, 5) is 27.7. The summed E-state index contributed by atoms with van der Waals surface area (Å²) in [7, 11) is 2.68. The summed E-state index contributed by atoms with van der Waals surface area (Å²) >= 11 is 0. The molecule has 0 aromatic carbocycles. The predicted molar refractivity (Wildman–Crippen MR) is 91.6 cm³/mol. The molecule has 158 valence electrons. The van der Waals surface area contributed by atoms with Gasteiger partial charge in [0.05, 0.1) is 5.69 Å². The molecule has 1 N–H and O–H groups in total. The van der Waals surface area contributed by atoms with Crippen molar-refractivity contribution in [2.45, 2.75) is 19.0 Å². The van der Waals surface area contributed by atoms with E-state index in [1.54, 1.807) is 0 Å². The maximum atomic E-state index is 13.7. The number of aryl methyl sites for hydroxylation is 1. The lowest BCUT2D eigenvalue weighted by Gasteiger charge is -2.26. The van der Waals surface area contributed by atoms with E-state index in [4.69, 9.17) is 0 Å². The molecule has 2 heterocycles. The van der Waals surface area contributed by atoms with Crippen molar-refractivity contribution in [3.8, 4) is 0 Å². The molecular formula is C17H18F5N5O2. The first-order valence-electron chi connectivity index (χ1n) is 8.33. The van der Waals surface area contributed by atoms with E-state index in [-0.39, 0.29) is 17.9 Å². The average Bonchev–Trinajstić information content (AvgIpc) is 3.03. The second-order valence-electron chi connectivity index (χ2n) is 6.48. The topological polar surface area (TPSA) is 80.1 Å². The van der Waals surface area contributed by atoms with Gasteiger partial charge in [0, 0.05) is 38.2 Å². The highest BCUT2D eigenvalue weighted by Crippen LogP contribution is 2.33. The zero-order chi connectivity index (χ0) is 21.9. The van der Waals surface area contributed by atoms with Gasteiger partial charge in [-0.15, -0.1) is 0 Å². The van der Waals surface area contributed by atoms with Gasteiger partial charge in [0.1, 0.15) is 0 Å². The number of rotatable bonds is 7. The smallest absolute Gasteiger partial charge is 0.348 e. The number of nitrogens with one attached hydrogen (secondary N) is 1. The van der Waals surface area contributed by atoms with Crippen LogP contribution in [0.5, 0.6) is 0 Å². The summed E-state index contributed by atoms with van der Waals surface area (Å²) in [5.41, 5.74) is -1.46. The first kappa shape index (κ1) is 22.2. The first-order chi connectivity index (χ1) is 13.4. The van der Waals surface area contributed by atoms with Gasteiger partial charge in [-0.2, -0.15) is 32.0 Å². The summed E-state index contributed by atoms with van der Waals surface area (Å²) in [5.74, 6) is -4.97. The van der Waals surface area contributed by atoms with Crippen LogP contribution in [-0.4, -0.2) is 45.6 Å². The van der Waals surface area contributed by atoms with Gasteiger partial charge in [-0.25, -0.2) is 0 Å². The molecule has 0 unspecified atom stereocenters. The molecule has 0 saturated carbocycles. The van der Waals surface area contributed by atoms with Crippen LogP contribution in [0.15, 0.2) is 18.2 Å². The third kappa shape index (κ3) is 5.27. The highest BCUT2D eigenvalue weighted by Gasteiger charge is 2.37. The number of aromatic nitrogens is 3. The summed E-state index contributed by atoms with van der Waals surface area (Å²) in [6.45, 7) is 1.31. The summed E-state index contributed by atoms with van der Waals surface area (Å²) in [6.07, 6.45) is -4.23. The van der Waals surface area contributed by atoms with Gasteiger partial charge in [-0.1, -0.05) is 6.92 Å². The number of hydrogen-bond donors (Lipinski definition) is 1. The van der Waals surface area contributed by atoms with Crippen LogP contribution in [0, 0.1) is 17.8 Å². The van der Waals surface area contributed by atoms with Gasteiger partial charge in [-0.3, -0.25) is 14.3 Å². The van der Waals surface area contributed by atoms with E-state index in [0.29, 0.717) is 6.41 Å². The van der Waals surface area contributed by atoms with Gasteiger partial charge in [0.15, 0.2) is 5.69 Å². The zero-order valence-corrected chi connectivity index (χ0v) is 15.7. The maximum absolute atomic E-state index is 13.7. The number of likely N-dealkylation sites (N-methyl/N-ethyl adjacent to an activating group) is 1. The highest BCUT2D eigenvalue weighted by atomic mass is 19.4. The number of halogens is 5. The molecule has 0 fully saturated rings. The SMILES string of the molecule is C[C@H](C(=O)Nc1ccc(F)nc1F)[C@H](CN(C)C=O)c1cc(C(F)(F)F)nn1C. The Labute approximate surface area is 162 Å². The number of pyridine rings is 1. The van der Waals surface area contributed by atoms with Crippen LogP contribution in [0.2, 0.25) is 0 Å². The molecule has 12 heteroatoms. The summed E-state index contributed by atoms with van der Waals surface area (Å²) in [6, 6.07) is 2.62. The molecule has 2 rings (SSSR count). The van der Waals surface area contributed by atoms with Gasteiger partial charge >= 0.3 is 6.18 Å². The Bertz CT molecular complexity index is 899. The third-order valence-electron chi connectivity index (χ3n) is 4.34. The van der Waals surface area contributed by atoms with Gasteiger partial charge in [0.2, 0.25) is 24.2 Å². The monoisotopic (exact) mass is 419 g/mol. The van der Waals surface area contributed by atoms with Crippen molar-refractivity contribution in [3.05, 3.63) is 41.5 Å². The summed E-state index contributed by atoms with van der Waals surface area (Å²) in [5, 5.41) is 5.66. The minimum atomic E-state index is -4.69. The Morgan fingerprint density at radius 1 is 1.34 bits per heavy atom. The number of amides is 2. The van der Waals surface area contributed by atoms with Crippen LogP contribution in [0.1, 0.15) is 24.2 Å². The molecule has 0 radical (unpaired) electrons. The molecule has 0 aliphatic rings. The fraction of sp³-hybridized carbons (Fsp3) is 0.412. The summed E-state index contributed by atoms with van der Waals surface area (Å²) < 4.78 is 66.6. The molecule has 0 saturated heterocycles. The molecule has 7 nitrogen and oxygen atoms in total. The molecule has 2 aromatic rings. The molecule has 0 aliphatic heterocycles. The molecule has 2 atom stereocenters. The molecular weight excluding hydrogens is 401 g/mol. The van der Waals surface area contributed by atoms with Gasteiger partial charge in [-0.05, 0) is 18.2 Å². The zero-order valence-electron chi connectivity index (χ0n) is 15.7. The van der Waals surface area contributed by atoms with E-state index in [2.05, 4.69) is 15.4 Å². The van der Waals surface area contributed by atoms with E-state index in [9.17, 15) is 31.5 Å². The van der Waals surface area contributed by atoms with Crippen molar-refractivity contribution >= 4 is 18.0 Å². The Morgan fingerprint density at radius 3 is 2.52 bits per heavy atom. The van der Waals surface area contributed by atoms with Crippen LogP contribution in [0.4, 0.5) is 27.6 Å². The van der Waals surface area contributed by atoms with Gasteiger partial charge in [0.25, 0.3) is 0 Å².